The van der Waals surface area contributed by atoms with Crippen molar-refractivity contribution in [3.05, 3.63) is 68.6 Å². The number of rotatable bonds is 10. The quantitative estimate of drug-likeness (QED) is 0.189. The maximum atomic E-state index is 12.8. The molecule has 0 saturated carbocycles. The van der Waals surface area contributed by atoms with Gasteiger partial charge in [-0.2, -0.15) is 0 Å². The molecule has 4 aliphatic rings. The van der Waals surface area contributed by atoms with E-state index in [9.17, 15) is 9.59 Å². The molecule has 4 fully saturated rings. The van der Waals surface area contributed by atoms with E-state index in [4.69, 9.17) is 9.47 Å². The number of benzene rings is 2. The molecule has 0 aliphatic carbocycles. The summed E-state index contributed by atoms with van der Waals surface area (Å²) < 4.78 is 16.4. The lowest BCUT2D eigenvalue weighted by atomic mass is 9.95. The first kappa shape index (κ1) is 31.3. The van der Waals surface area contributed by atoms with Crippen molar-refractivity contribution in [1.29, 1.82) is 0 Å². The second-order valence-electron chi connectivity index (χ2n) is 14.0. The Labute approximate surface area is 273 Å². The molecule has 6 nitrogen and oxygen atoms in total. The van der Waals surface area contributed by atoms with Crippen LogP contribution in [0.1, 0.15) is 81.8 Å². The zero-order valence-corrected chi connectivity index (χ0v) is 28.7. The van der Waals surface area contributed by atoms with Crippen molar-refractivity contribution >= 4 is 43.8 Å². The third-order valence-electron chi connectivity index (χ3n) is 11.4. The maximum absolute atomic E-state index is 12.8. The van der Waals surface area contributed by atoms with Gasteiger partial charge in [-0.25, -0.2) is 0 Å². The number of nitrogens with zero attached hydrogens (tertiary/aromatic N) is 2. The van der Waals surface area contributed by atoms with Crippen molar-refractivity contribution in [3.8, 4) is 0 Å². The molecule has 0 amide bonds. The van der Waals surface area contributed by atoms with Crippen LogP contribution in [0, 0.1) is 0 Å². The molecule has 4 unspecified atom stereocenters. The molecule has 6 rings (SSSR count). The third-order valence-corrected chi connectivity index (χ3v) is 13.0. The Hall–Kier alpha value is -1.74. The average Bonchev–Trinajstić information content (AvgIpc) is 3.21. The molecule has 2 aromatic carbocycles. The minimum absolute atomic E-state index is 0.0102. The minimum Gasteiger partial charge on any atom is -0.462 e. The van der Waals surface area contributed by atoms with Crippen LogP contribution in [0.2, 0.25) is 0 Å². The number of fused-ring (bicyclic) bond motifs is 4. The summed E-state index contributed by atoms with van der Waals surface area (Å²) in [5.74, 6) is -0.343. The average molecular weight is 719 g/mol. The van der Waals surface area contributed by atoms with Gasteiger partial charge in [-0.1, -0.05) is 68.3 Å². The number of piperidine rings is 2. The Morgan fingerprint density at radius 2 is 1.00 bits per heavy atom. The number of carbonyl (C=O) groups is 2. The van der Waals surface area contributed by atoms with Crippen molar-refractivity contribution in [1.82, 2.24) is 0 Å². The standard InChI is InChI=1S/C35H46Br2N2O4/c1-38(22-24-8-3-5-10-32(24)36)26-14-15-27(38)19-30(18-26)42-34(40)12-7-13-35(41)43-31-20-28-16-17-29(21-31)39(28,2)23-25-9-4-6-11-33(25)37/h3-6,8-11,26-31H,7,12-23H2,1-2H3/q+2/t26-,27+,28-,29+,30?,31?,38?,39?. The highest BCUT2D eigenvalue weighted by atomic mass is 79.9. The van der Waals surface area contributed by atoms with Gasteiger partial charge in [0.2, 0.25) is 0 Å². The molecule has 4 heterocycles. The molecule has 2 aromatic rings. The van der Waals surface area contributed by atoms with Gasteiger partial charge in [0.25, 0.3) is 0 Å². The first-order valence-electron chi connectivity index (χ1n) is 16.2. The van der Waals surface area contributed by atoms with Gasteiger partial charge in [0.15, 0.2) is 0 Å². The predicted octanol–water partition coefficient (Wildman–Crippen LogP) is 7.45. The normalized spacial score (nSPS) is 34.6. The van der Waals surface area contributed by atoms with E-state index in [2.05, 4.69) is 94.5 Å². The fourth-order valence-corrected chi connectivity index (χ4v) is 9.77. The number of ether oxygens (including phenoxy) is 2. The van der Waals surface area contributed by atoms with Gasteiger partial charge < -0.3 is 18.4 Å². The molecular formula is C35H46Br2N2O4+2. The molecule has 43 heavy (non-hydrogen) atoms. The predicted molar refractivity (Wildman–Crippen MR) is 174 cm³/mol. The SMILES string of the molecule is C[N+]1(Cc2ccccc2Br)[C@@H]2CC[C@H]1CC(OC(=O)CCCC(=O)OC1C[C@H]3CC[C@@H](C1)[N+]3(C)Cc1ccccc1Br)C2. The van der Waals surface area contributed by atoms with Gasteiger partial charge in [0.1, 0.15) is 25.3 Å². The summed E-state index contributed by atoms with van der Waals surface area (Å²) in [5.41, 5.74) is 2.69. The first-order valence-corrected chi connectivity index (χ1v) is 17.8. The smallest absolute Gasteiger partial charge is 0.306 e. The monoisotopic (exact) mass is 716 g/mol. The molecule has 0 N–H and O–H groups in total. The second kappa shape index (κ2) is 12.9. The van der Waals surface area contributed by atoms with Crippen LogP contribution in [0.3, 0.4) is 0 Å². The van der Waals surface area contributed by atoms with Gasteiger partial charge in [-0.3, -0.25) is 9.59 Å². The number of esters is 2. The lowest BCUT2D eigenvalue weighted by Crippen LogP contribution is -2.58. The molecule has 0 spiro atoms. The summed E-state index contributed by atoms with van der Waals surface area (Å²) >= 11 is 7.45. The Morgan fingerprint density at radius 1 is 0.651 bits per heavy atom. The molecule has 4 saturated heterocycles. The highest BCUT2D eigenvalue weighted by molar-refractivity contribution is 9.10. The van der Waals surface area contributed by atoms with Crippen LogP contribution in [0.15, 0.2) is 57.5 Å². The lowest BCUT2D eigenvalue weighted by molar-refractivity contribution is -0.961. The van der Waals surface area contributed by atoms with Gasteiger partial charge in [-0.15, -0.1) is 0 Å². The Kier molecular flexibility index (Phi) is 9.40. The summed E-state index contributed by atoms with van der Waals surface area (Å²) in [4.78, 5) is 25.5. The van der Waals surface area contributed by atoms with E-state index in [0.29, 0.717) is 30.6 Å². The topological polar surface area (TPSA) is 52.6 Å². The lowest BCUT2D eigenvalue weighted by Gasteiger charge is -2.47. The van der Waals surface area contributed by atoms with E-state index in [0.717, 1.165) is 47.7 Å². The van der Waals surface area contributed by atoms with Crippen LogP contribution in [-0.4, -0.2) is 71.4 Å². The van der Waals surface area contributed by atoms with Crippen molar-refractivity contribution in [2.24, 2.45) is 0 Å². The van der Waals surface area contributed by atoms with Crippen LogP contribution < -0.4 is 0 Å². The molecule has 8 atom stereocenters. The van der Waals surface area contributed by atoms with E-state index in [1.54, 1.807) is 0 Å². The first-order chi connectivity index (χ1) is 20.6. The Bertz CT molecular complexity index is 1210. The van der Waals surface area contributed by atoms with E-state index in [1.165, 1.54) is 45.8 Å². The number of carbonyl (C=O) groups excluding carboxylic acids is 2. The highest BCUT2D eigenvalue weighted by Crippen LogP contribution is 2.45. The largest absolute Gasteiger partial charge is 0.462 e. The number of quaternary nitrogens is 2. The summed E-state index contributed by atoms with van der Waals surface area (Å²) in [6.07, 6.45) is 9.49. The van der Waals surface area contributed by atoms with Crippen LogP contribution in [-0.2, 0) is 32.2 Å². The molecular weight excluding hydrogens is 672 g/mol. The van der Waals surface area contributed by atoms with Crippen LogP contribution in [0.25, 0.3) is 0 Å². The van der Waals surface area contributed by atoms with Crippen LogP contribution >= 0.6 is 31.9 Å². The van der Waals surface area contributed by atoms with Gasteiger partial charge >= 0.3 is 11.9 Å². The highest BCUT2D eigenvalue weighted by Gasteiger charge is 2.53. The fraction of sp³-hybridized carbons (Fsp3) is 0.600. The second-order valence-corrected chi connectivity index (χ2v) is 15.7. The zero-order chi connectivity index (χ0) is 30.2. The fourth-order valence-electron chi connectivity index (χ4n) is 8.95. The van der Waals surface area contributed by atoms with E-state index in [1.807, 2.05) is 0 Å². The zero-order valence-electron chi connectivity index (χ0n) is 25.6. The van der Waals surface area contributed by atoms with Crippen molar-refractivity contribution in [2.75, 3.05) is 14.1 Å². The molecule has 4 aliphatic heterocycles. The summed E-state index contributed by atoms with van der Waals surface area (Å²) in [6, 6.07) is 19.1. The Balaban J connectivity index is 0.925. The van der Waals surface area contributed by atoms with Crippen molar-refractivity contribution in [2.45, 2.75) is 120 Å². The number of hydrogen-bond acceptors (Lipinski definition) is 4. The Morgan fingerprint density at radius 3 is 1.35 bits per heavy atom. The summed E-state index contributed by atoms with van der Waals surface area (Å²) in [5, 5.41) is 0. The van der Waals surface area contributed by atoms with Gasteiger partial charge in [0.05, 0.1) is 38.3 Å². The minimum atomic E-state index is -0.171. The van der Waals surface area contributed by atoms with Gasteiger partial charge in [-0.05, 0) is 18.6 Å². The van der Waals surface area contributed by atoms with Gasteiger partial charge in [0, 0.05) is 84.3 Å². The summed E-state index contributed by atoms with van der Waals surface area (Å²) in [6.45, 7) is 2.01. The molecule has 8 heteroatoms. The van der Waals surface area contributed by atoms with Crippen molar-refractivity contribution < 1.29 is 28.0 Å². The molecule has 4 bridgehead atoms. The molecule has 0 radical (unpaired) electrons. The number of halogens is 2. The van der Waals surface area contributed by atoms with E-state index < -0.39 is 0 Å². The van der Waals surface area contributed by atoms with Crippen molar-refractivity contribution in [3.63, 3.8) is 0 Å². The molecule has 0 aromatic heterocycles. The third kappa shape index (κ3) is 6.63. The number of hydrogen-bond donors (Lipinski definition) is 0. The van der Waals surface area contributed by atoms with E-state index >= 15 is 0 Å². The van der Waals surface area contributed by atoms with Crippen LogP contribution in [0.4, 0.5) is 0 Å². The summed E-state index contributed by atoms with van der Waals surface area (Å²) in [7, 11) is 4.76. The molecule has 232 valence electrons. The maximum Gasteiger partial charge on any atom is 0.306 e. The van der Waals surface area contributed by atoms with Crippen LogP contribution in [0.5, 0.6) is 0 Å². The van der Waals surface area contributed by atoms with E-state index in [-0.39, 0.29) is 37.0 Å².